The van der Waals surface area contributed by atoms with Gasteiger partial charge in [0.05, 0.1) is 4.88 Å². The highest BCUT2D eigenvalue weighted by Gasteiger charge is 2.12. The van der Waals surface area contributed by atoms with E-state index in [-0.39, 0.29) is 11.4 Å². The third kappa shape index (κ3) is 4.93. The van der Waals surface area contributed by atoms with E-state index in [1.54, 1.807) is 61.7 Å². The minimum Gasteiger partial charge on any atom is -0.378 e. The first-order valence-electron chi connectivity index (χ1n) is 6.95. The summed E-state index contributed by atoms with van der Waals surface area (Å²) in [7, 11) is 0. The SMILES string of the molecule is CC(C)(O)C#Cc1ccc(/C=C(\C#N)C(=O)c2cccs2)cc1. The Kier molecular flexibility index (Phi) is 5.13. The van der Waals surface area contributed by atoms with Gasteiger partial charge in [-0.15, -0.1) is 11.3 Å². The second-order valence-electron chi connectivity index (χ2n) is 5.41. The molecule has 0 aliphatic rings. The Morgan fingerprint density at radius 1 is 1.26 bits per heavy atom. The third-order valence-corrected chi connectivity index (χ3v) is 3.71. The summed E-state index contributed by atoms with van der Waals surface area (Å²) < 4.78 is 0. The van der Waals surface area contributed by atoms with Crippen molar-refractivity contribution < 1.29 is 9.90 Å². The standard InChI is InChI=1S/C19H15NO2S/c1-19(2,22)10-9-14-5-7-15(8-6-14)12-16(13-20)18(21)17-4-3-11-23-17/h3-8,11-12,22H,1-2H3/b16-12+. The largest absolute Gasteiger partial charge is 0.378 e. The predicted molar refractivity (Wildman–Crippen MR) is 91.9 cm³/mol. The van der Waals surface area contributed by atoms with Gasteiger partial charge in [0.2, 0.25) is 5.78 Å². The average molecular weight is 321 g/mol. The maximum absolute atomic E-state index is 12.2. The predicted octanol–water partition coefficient (Wildman–Crippen LogP) is 3.66. The van der Waals surface area contributed by atoms with Crippen molar-refractivity contribution in [2.45, 2.75) is 19.4 Å². The number of hydrogen-bond acceptors (Lipinski definition) is 4. The van der Waals surface area contributed by atoms with Crippen LogP contribution in [0.1, 0.15) is 34.6 Å². The van der Waals surface area contributed by atoms with E-state index in [4.69, 9.17) is 0 Å². The van der Waals surface area contributed by atoms with Gasteiger partial charge >= 0.3 is 0 Å². The van der Waals surface area contributed by atoms with Crippen molar-refractivity contribution in [2.24, 2.45) is 0 Å². The molecule has 0 bridgehead atoms. The first-order valence-corrected chi connectivity index (χ1v) is 7.82. The summed E-state index contributed by atoms with van der Waals surface area (Å²) in [6, 6.07) is 12.6. The van der Waals surface area contributed by atoms with Crippen molar-refractivity contribution in [1.82, 2.24) is 0 Å². The Bertz CT molecular complexity index is 821. The van der Waals surface area contributed by atoms with Crippen molar-refractivity contribution >= 4 is 23.2 Å². The molecule has 0 aliphatic carbocycles. The lowest BCUT2D eigenvalue weighted by Crippen LogP contribution is -2.14. The van der Waals surface area contributed by atoms with Gasteiger partial charge in [0, 0.05) is 5.56 Å². The summed E-state index contributed by atoms with van der Waals surface area (Å²) in [5.74, 6) is 5.33. The van der Waals surface area contributed by atoms with Crippen LogP contribution >= 0.6 is 11.3 Å². The number of nitrogens with zero attached hydrogens (tertiary/aromatic N) is 1. The summed E-state index contributed by atoms with van der Waals surface area (Å²) in [6.07, 6.45) is 1.56. The second-order valence-corrected chi connectivity index (χ2v) is 6.35. The zero-order valence-corrected chi connectivity index (χ0v) is 13.6. The molecule has 0 saturated heterocycles. The summed E-state index contributed by atoms with van der Waals surface area (Å²) in [5.41, 5.74) is 0.565. The molecule has 2 rings (SSSR count). The van der Waals surface area contributed by atoms with Gasteiger partial charge in [0.25, 0.3) is 0 Å². The van der Waals surface area contributed by atoms with Gasteiger partial charge in [-0.05, 0) is 49.1 Å². The first-order chi connectivity index (χ1) is 10.9. The number of thiophene rings is 1. The minimum atomic E-state index is -1.04. The van der Waals surface area contributed by atoms with Crippen molar-refractivity contribution in [2.75, 3.05) is 0 Å². The zero-order chi connectivity index (χ0) is 16.9. The number of allylic oxidation sites excluding steroid dienone is 1. The number of Topliss-reactive ketones (excluding diaryl/α,β-unsaturated/α-hetero) is 1. The molecular formula is C19H15NO2S. The van der Waals surface area contributed by atoms with Gasteiger partial charge in [0.15, 0.2) is 0 Å². The number of rotatable bonds is 3. The summed E-state index contributed by atoms with van der Waals surface area (Å²) in [5, 5.41) is 20.6. The van der Waals surface area contributed by atoms with Gasteiger partial charge in [0.1, 0.15) is 17.2 Å². The van der Waals surface area contributed by atoms with Gasteiger partial charge < -0.3 is 5.11 Å². The molecular weight excluding hydrogens is 306 g/mol. The molecule has 1 aromatic carbocycles. The van der Waals surface area contributed by atoms with Crippen LogP contribution in [0.4, 0.5) is 0 Å². The summed E-state index contributed by atoms with van der Waals surface area (Å²) in [4.78, 5) is 12.7. The number of nitriles is 1. The molecule has 4 heteroatoms. The fourth-order valence-corrected chi connectivity index (χ4v) is 2.42. The number of hydrogen-bond donors (Lipinski definition) is 1. The minimum absolute atomic E-state index is 0.0998. The molecule has 0 saturated carbocycles. The summed E-state index contributed by atoms with van der Waals surface area (Å²) >= 11 is 1.31. The Balaban J connectivity index is 2.23. The molecule has 1 N–H and O–H groups in total. The van der Waals surface area contributed by atoms with Crippen LogP contribution in [0, 0.1) is 23.2 Å². The first kappa shape index (κ1) is 16.7. The van der Waals surface area contributed by atoms with Crippen molar-refractivity contribution in [3.8, 4) is 17.9 Å². The Labute approximate surface area is 139 Å². The van der Waals surface area contributed by atoms with Gasteiger partial charge in [-0.3, -0.25) is 4.79 Å². The van der Waals surface area contributed by atoms with Crippen LogP contribution in [0.3, 0.4) is 0 Å². The molecule has 0 radical (unpaired) electrons. The molecule has 0 unspecified atom stereocenters. The van der Waals surface area contributed by atoms with Gasteiger partial charge in [-0.2, -0.15) is 5.26 Å². The number of aliphatic hydroxyl groups is 1. The number of benzene rings is 1. The molecule has 2 aromatic rings. The fraction of sp³-hybridized carbons (Fsp3) is 0.158. The average Bonchev–Trinajstić information content (AvgIpc) is 3.04. The molecule has 3 nitrogen and oxygen atoms in total. The van der Waals surface area contributed by atoms with Crippen LogP contribution in [-0.2, 0) is 0 Å². The fourth-order valence-electron chi connectivity index (χ4n) is 1.74. The molecule has 0 amide bonds. The molecule has 23 heavy (non-hydrogen) atoms. The molecule has 0 aliphatic heterocycles. The van der Waals surface area contributed by atoms with Crippen LogP contribution in [0.15, 0.2) is 47.4 Å². The molecule has 1 aromatic heterocycles. The quantitative estimate of drug-likeness (QED) is 0.406. The third-order valence-electron chi connectivity index (χ3n) is 2.84. The van der Waals surface area contributed by atoms with E-state index >= 15 is 0 Å². The lowest BCUT2D eigenvalue weighted by Gasteiger charge is -2.05. The van der Waals surface area contributed by atoms with Crippen LogP contribution in [0.25, 0.3) is 6.08 Å². The van der Waals surface area contributed by atoms with Crippen LogP contribution < -0.4 is 0 Å². The number of ketones is 1. The Morgan fingerprint density at radius 3 is 2.48 bits per heavy atom. The maximum atomic E-state index is 12.2. The van der Waals surface area contributed by atoms with Crippen LogP contribution in [0.5, 0.6) is 0 Å². The van der Waals surface area contributed by atoms with Crippen LogP contribution in [-0.4, -0.2) is 16.5 Å². The van der Waals surface area contributed by atoms with Crippen molar-refractivity contribution in [3.63, 3.8) is 0 Å². The molecule has 1 heterocycles. The molecule has 0 spiro atoms. The topological polar surface area (TPSA) is 61.1 Å². The van der Waals surface area contributed by atoms with E-state index < -0.39 is 5.60 Å². The van der Waals surface area contributed by atoms with Crippen molar-refractivity contribution in [3.05, 3.63) is 63.4 Å². The van der Waals surface area contributed by atoms with Crippen molar-refractivity contribution in [1.29, 1.82) is 5.26 Å². The second kappa shape index (κ2) is 7.07. The van der Waals surface area contributed by atoms with Crippen LogP contribution in [0.2, 0.25) is 0 Å². The summed E-state index contributed by atoms with van der Waals surface area (Å²) in [6.45, 7) is 3.24. The monoisotopic (exact) mass is 321 g/mol. The maximum Gasteiger partial charge on any atom is 0.213 e. The lowest BCUT2D eigenvalue weighted by molar-refractivity contribution is 0.104. The number of carbonyl (C=O) groups excluding carboxylic acids is 1. The normalized spacial score (nSPS) is 11.3. The molecule has 0 fully saturated rings. The van der Waals surface area contributed by atoms with E-state index in [1.165, 1.54) is 11.3 Å². The van der Waals surface area contributed by atoms with E-state index in [9.17, 15) is 15.2 Å². The Hall–Kier alpha value is -2.66. The van der Waals surface area contributed by atoms with Gasteiger partial charge in [-0.25, -0.2) is 0 Å². The van der Waals surface area contributed by atoms with E-state index in [0.717, 1.165) is 11.1 Å². The highest BCUT2D eigenvalue weighted by atomic mass is 32.1. The highest BCUT2D eigenvalue weighted by Crippen LogP contribution is 2.17. The number of carbonyl (C=O) groups is 1. The zero-order valence-electron chi connectivity index (χ0n) is 12.8. The van der Waals surface area contributed by atoms with E-state index in [0.29, 0.717) is 4.88 Å². The van der Waals surface area contributed by atoms with E-state index in [2.05, 4.69) is 11.8 Å². The van der Waals surface area contributed by atoms with E-state index in [1.807, 2.05) is 6.07 Å². The smallest absolute Gasteiger partial charge is 0.213 e. The Morgan fingerprint density at radius 2 is 1.96 bits per heavy atom. The highest BCUT2D eigenvalue weighted by molar-refractivity contribution is 7.12. The van der Waals surface area contributed by atoms with Gasteiger partial charge in [-0.1, -0.05) is 30.0 Å². The molecule has 0 atom stereocenters. The lowest BCUT2D eigenvalue weighted by atomic mass is 10.1. The molecule has 114 valence electrons.